The van der Waals surface area contributed by atoms with Crippen molar-refractivity contribution in [1.29, 1.82) is 0 Å². The van der Waals surface area contributed by atoms with E-state index < -0.39 is 11.8 Å². The predicted octanol–water partition coefficient (Wildman–Crippen LogP) is 1.56. The summed E-state index contributed by atoms with van der Waals surface area (Å²) in [4.78, 5) is 29.6. The Balaban J connectivity index is 1.55. The zero-order valence-corrected chi connectivity index (χ0v) is 13.8. The monoisotopic (exact) mass is 331 g/mol. The largest absolute Gasteiger partial charge is 0.445 e. The summed E-state index contributed by atoms with van der Waals surface area (Å²) < 4.78 is 12.3. The minimum absolute atomic E-state index is 0.180. The Hall–Kier alpha value is -2.12. The van der Waals surface area contributed by atoms with Crippen molar-refractivity contribution in [3.8, 4) is 0 Å². The Bertz CT molecular complexity index is 827. The van der Waals surface area contributed by atoms with Gasteiger partial charge in [-0.3, -0.25) is 4.90 Å². The number of aromatic amines is 1. The summed E-state index contributed by atoms with van der Waals surface area (Å²) >= 11 is 0. The van der Waals surface area contributed by atoms with Crippen molar-refractivity contribution in [3.05, 3.63) is 34.7 Å². The van der Waals surface area contributed by atoms with E-state index in [1.54, 1.807) is 25.3 Å². The molecule has 3 heterocycles. The van der Waals surface area contributed by atoms with Crippen LogP contribution >= 0.6 is 0 Å². The van der Waals surface area contributed by atoms with E-state index in [1.807, 2.05) is 6.07 Å². The number of benzene rings is 1. The number of H-pyrrole nitrogens is 1. The van der Waals surface area contributed by atoms with Crippen molar-refractivity contribution >= 4 is 17.1 Å². The molecule has 128 valence electrons. The van der Waals surface area contributed by atoms with Gasteiger partial charge in [0, 0.05) is 32.0 Å². The molecule has 2 bridgehead atoms. The second-order valence-electron chi connectivity index (χ2n) is 6.66. The van der Waals surface area contributed by atoms with Gasteiger partial charge < -0.3 is 14.5 Å². The lowest BCUT2D eigenvalue weighted by atomic mass is 10.0. The summed E-state index contributed by atoms with van der Waals surface area (Å²) in [7, 11) is 3.82. The molecule has 0 saturated carbocycles. The van der Waals surface area contributed by atoms with Gasteiger partial charge in [0.15, 0.2) is 0 Å². The maximum Gasteiger partial charge on any atom is 0.423 e. The number of aromatic nitrogens is 2. The Morgan fingerprint density at radius 1 is 1.25 bits per heavy atom. The number of hydrogen-bond acceptors (Lipinski definition) is 5. The molecule has 2 aliphatic heterocycles. The van der Waals surface area contributed by atoms with Gasteiger partial charge >= 0.3 is 11.8 Å². The number of carbonyl (C=O) groups excluding carboxylic acids is 1. The summed E-state index contributed by atoms with van der Waals surface area (Å²) in [5.74, 6) is 0. The van der Waals surface area contributed by atoms with Crippen LogP contribution in [0.5, 0.6) is 0 Å². The molecule has 0 amide bonds. The molecule has 2 aromatic rings. The smallest absolute Gasteiger partial charge is 0.423 e. The number of methoxy groups -OCH3 is 1. The van der Waals surface area contributed by atoms with E-state index in [4.69, 9.17) is 9.47 Å². The first-order chi connectivity index (χ1) is 11.6. The normalized spacial score (nSPS) is 29.9. The molecular weight excluding hydrogens is 310 g/mol. The van der Waals surface area contributed by atoms with Gasteiger partial charge in [-0.25, -0.2) is 9.59 Å². The fraction of sp³-hybridized carbons (Fsp3) is 0.529. The van der Waals surface area contributed by atoms with Crippen molar-refractivity contribution in [2.75, 3.05) is 14.2 Å². The molecular formula is C17H21N3O4. The Morgan fingerprint density at radius 3 is 2.83 bits per heavy atom. The number of rotatable bonds is 2. The third kappa shape index (κ3) is 2.35. The number of nitrogens with one attached hydrogen (secondary N) is 1. The highest BCUT2D eigenvalue weighted by atomic mass is 16.6. The van der Waals surface area contributed by atoms with Gasteiger partial charge in [-0.05, 0) is 25.6 Å². The molecule has 24 heavy (non-hydrogen) atoms. The number of ether oxygens (including phenoxy) is 2. The summed E-state index contributed by atoms with van der Waals surface area (Å²) in [6, 6.07) is 7.71. The van der Waals surface area contributed by atoms with Crippen LogP contribution in [0.15, 0.2) is 29.1 Å². The van der Waals surface area contributed by atoms with Crippen LogP contribution in [0.1, 0.15) is 19.3 Å². The predicted molar refractivity (Wildman–Crippen MR) is 88.2 cm³/mol. The van der Waals surface area contributed by atoms with Crippen LogP contribution in [0.3, 0.4) is 0 Å². The van der Waals surface area contributed by atoms with E-state index in [-0.39, 0.29) is 18.2 Å². The molecule has 0 radical (unpaired) electrons. The number of likely N-dealkylation sites (N-methyl/N-ethyl adjacent to an activating group) is 1. The minimum Gasteiger partial charge on any atom is -0.445 e. The molecule has 1 aromatic carbocycles. The van der Waals surface area contributed by atoms with Crippen LogP contribution in [0.25, 0.3) is 11.0 Å². The number of hydrogen-bond donors (Lipinski definition) is 1. The number of carbonyl (C=O) groups is 1. The average Bonchev–Trinajstić information content (AvgIpc) is 2.96. The molecule has 2 fully saturated rings. The minimum atomic E-state index is -0.611. The van der Waals surface area contributed by atoms with E-state index in [1.165, 1.54) is 0 Å². The number of imidazole rings is 1. The first-order valence-corrected chi connectivity index (χ1v) is 8.24. The van der Waals surface area contributed by atoms with E-state index in [9.17, 15) is 9.59 Å². The first-order valence-electron chi connectivity index (χ1n) is 8.24. The average molecular weight is 331 g/mol. The van der Waals surface area contributed by atoms with Crippen molar-refractivity contribution in [2.24, 2.45) is 0 Å². The lowest BCUT2D eigenvalue weighted by molar-refractivity contribution is 0.00470. The molecule has 2 saturated heterocycles. The summed E-state index contributed by atoms with van der Waals surface area (Å²) in [5.41, 5.74) is 0.701. The van der Waals surface area contributed by atoms with Gasteiger partial charge in [0.2, 0.25) is 0 Å². The van der Waals surface area contributed by atoms with Gasteiger partial charge in [0.25, 0.3) is 0 Å². The quantitative estimate of drug-likeness (QED) is 0.904. The lowest BCUT2D eigenvalue weighted by Gasteiger charge is -2.36. The van der Waals surface area contributed by atoms with Crippen LogP contribution < -0.4 is 5.69 Å². The van der Waals surface area contributed by atoms with Gasteiger partial charge in [-0.1, -0.05) is 12.1 Å². The molecule has 1 N–H and O–H groups in total. The van der Waals surface area contributed by atoms with Crippen LogP contribution in [0.2, 0.25) is 0 Å². The van der Waals surface area contributed by atoms with Crippen molar-refractivity contribution in [1.82, 2.24) is 14.5 Å². The molecule has 0 aliphatic carbocycles. The third-order valence-corrected chi connectivity index (χ3v) is 5.41. The van der Waals surface area contributed by atoms with E-state index in [0.717, 1.165) is 23.8 Å². The Kier molecular flexibility index (Phi) is 3.69. The molecule has 1 aromatic heterocycles. The van der Waals surface area contributed by atoms with Crippen LogP contribution in [0.4, 0.5) is 4.79 Å². The maximum absolute atomic E-state index is 12.6. The standard InChI is InChI=1S/C17H21N3O4/c1-19-10-7-11(9-14(19)15(8-10)23-2)24-17(22)20-13-6-4-3-5-12(13)18-16(20)21/h3-6,10-11,14-15H,7-9H2,1-2H3,(H,18,21). The van der Waals surface area contributed by atoms with E-state index in [2.05, 4.69) is 16.9 Å². The zero-order chi connectivity index (χ0) is 16.8. The molecule has 0 spiro atoms. The molecule has 4 unspecified atom stereocenters. The number of nitrogens with zero attached hydrogens (tertiary/aromatic N) is 2. The van der Waals surface area contributed by atoms with Gasteiger partial charge in [0.05, 0.1) is 17.1 Å². The van der Waals surface area contributed by atoms with E-state index >= 15 is 0 Å². The molecule has 2 aliphatic rings. The summed E-state index contributed by atoms with van der Waals surface area (Å²) in [6.07, 6.45) is 1.84. The molecule has 7 nitrogen and oxygen atoms in total. The first kappa shape index (κ1) is 15.4. The SMILES string of the molecule is COC1CC2CC(OC(=O)n3c(=O)[nH]c4ccccc43)CC1N2C. The molecule has 7 heteroatoms. The lowest BCUT2D eigenvalue weighted by Crippen LogP contribution is -2.46. The van der Waals surface area contributed by atoms with Gasteiger partial charge in [-0.2, -0.15) is 4.57 Å². The van der Waals surface area contributed by atoms with Crippen LogP contribution in [-0.2, 0) is 9.47 Å². The number of fused-ring (bicyclic) bond motifs is 3. The second-order valence-corrected chi connectivity index (χ2v) is 6.66. The molecule has 4 atom stereocenters. The van der Waals surface area contributed by atoms with Crippen molar-refractivity contribution in [2.45, 2.75) is 43.6 Å². The van der Waals surface area contributed by atoms with Crippen molar-refractivity contribution < 1.29 is 14.3 Å². The van der Waals surface area contributed by atoms with Crippen molar-refractivity contribution in [3.63, 3.8) is 0 Å². The number of piperidine rings is 1. The Labute approximate surface area is 139 Å². The fourth-order valence-corrected chi connectivity index (χ4v) is 4.16. The zero-order valence-electron chi connectivity index (χ0n) is 13.8. The highest BCUT2D eigenvalue weighted by Crippen LogP contribution is 2.37. The van der Waals surface area contributed by atoms with Crippen LogP contribution in [-0.4, -0.2) is 59.0 Å². The van der Waals surface area contributed by atoms with Crippen LogP contribution in [0, 0.1) is 0 Å². The van der Waals surface area contributed by atoms with Gasteiger partial charge in [-0.15, -0.1) is 0 Å². The molecule has 4 rings (SSSR count). The maximum atomic E-state index is 12.6. The highest BCUT2D eigenvalue weighted by molar-refractivity contribution is 5.86. The second kappa shape index (κ2) is 5.75. The van der Waals surface area contributed by atoms with E-state index in [0.29, 0.717) is 17.1 Å². The fourth-order valence-electron chi connectivity index (χ4n) is 4.16. The Morgan fingerprint density at radius 2 is 2.04 bits per heavy atom. The summed E-state index contributed by atoms with van der Waals surface area (Å²) in [6.45, 7) is 0. The topological polar surface area (TPSA) is 76.6 Å². The third-order valence-electron chi connectivity index (χ3n) is 5.41. The number of para-hydroxylation sites is 2. The summed E-state index contributed by atoms with van der Waals surface area (Å²) in [5, 5.41) is 0. The highest BCUT2D eigenvalue weighted by Gasteiger charge is 2.46. The van der Waals surface area contributed by atoms with Gasteiger partial charge in [0.1, 0.15) is 6.10 Å².